The fraction of sp³-hybridized carbons (Fsp3) is 0.294. The molecule has 1 aliphatic rings. The van der Waals surface area contributed by atoms with Gasteiger partial charge in [0, 0.05) is 20.6 Å². The predicted molar refractivity (Wildman–Crippen MR) is 93.4 cm³/mol. The van der Waals surface area contributed by atoms with Crippen molar-refractivity contribution in [2.75, 3.05) is 6.54 Å². The number of halogens is 3. The maximum atomic E-state index is 6.21. The summed E-state index contributed by atoms with van der Waals surface area (Å²) in [6.45, 7) is 0.918. The van der Waals surface area contributed by atoms with Crippen molar-refractivity contribution in [2.24, 2.45) is 0 Å². The summed E-state index contributed by atoms with van der Waals surface area (Å²) in [5.41, 5.74) is 4.02. The zero-order valence-electron chi connectivity index (χ0n) is 11.5. The summed E-state index contributed by atoms with van der Waals surface area (Å²) in [5, 5.41) is 5.08. The number of benzene rings is 2. The van der Waals surface area contributed by atoms with Crippen LogP contribution in [0.4, 0.5) is 0 Å². The Labute approximate surface area is 143 Å². The zero-order valence-corrected chi connectivity index (χ0v) is 14.6. The van der Waals surface area contributed by atoms with Crippen LogP contribution in [0.3, 0.4) is 0 Å². The molecule has 110 valence electrons. The lowest BCUT2D eigenvalue weighted by atomic mass is 10.1. The molecule has 0 amide bonds. The van der Waals surface area contributed by atoms with Crippen LogP contribution in [-0.4, -0.2) is 6.54 Å². The van der Waals surface area contributed by atoms with E-state index in [0.717, 1.165) is 34.4 Å². The summed E-state index contributed by atoms with van der Waals surface area (Å²) < 4.78 is 1.16. The molecule has 21 heavy (non-hydrogen) atoms. The Balaban J connectivity index is 1.60. The lowest BCUT2D eigenvalue weighted by Crippen LogP contribution is -2.22. The second-order valence-electron chi connectivity index (χ2n) is 5.37. The number of aryl methyl sites for hydroxylation is 1. The first-order valence-corrected chi connectivity index (χ1v) is 8.64. The molecule has 0 bridgehead atoms. The summed E-state index contributed by atoms with van der Waals surface area (Å²) in [6.07, 6.45) is 3.23. The Bertz CT molecular complexity index is 657. The van der Waals surface area contributed by atoms with Gasteiger partial charge < -0.3 is 5.32 Å². The van der Waals surface area contributed by atoms with Crippen LogP contribution in [0.5, 0.6) is 0 Å². The van der Waals surface area contributed by atoms with Gasteiger partial charge in [-0.25, -0.2) is 0 Å². The summed E-state index contributed by atoms with van der Waals surface area (Å²) in [6, 6.07) is 12.7. The fourth-order valence-corrected chi connectivity index (χ4v) is 3.82. The number of nitrogens with one attached hydrogen (secondary N) is 1. The molecule has 0 radical (unpaired) electrons. The zero-order chi connectivity index (χ0) is 14.8. The van der Waals surface area contributed by atoms with Crippen molar-refractivity contribution in [1.82, 2.24) is 5.32 Å². The molecule has 0 aromatic heterocycles. The number of rotatable bonds is 4. The van der Waals surface area contributed by atoms with E-state index in [4.69, 9.17) is 23.2 Å². The first-order valence-electron chi connectivity index (χ1n) is 7.09. The molecule has 0 fully saturated rings. The average Bonchev–Trinajstić information content (AvgIpc) is 2.83. The smallest absolute Gasteiger partial charge is 0.0453 e. The molecular formula is C17H16BrCl2N. The maximum absolute atomic E-state index is 6.21. The second kappa shape index (κ2) is 6.70. The number of hydrogen-bond donors (Lipinski definition) is 1. The molecule has 1 nitrogen and oxygen atoms in total. The summed E-state index contributed by atoms with van der Waals surface area (Å²) >= 11 is 15.7. The molecule has 4 heteroatoms. The fourth-order valence-electron chi connectivity index (χ4n) is 2.90. The van der Waals surface area contributed by atoms with E-state index in [1.54, 1.807) is 6.07 Å². The third kappa shape index (κ3) is 3.62. The van der Waals surface area contributed by atoms with Gasteiger partial charge in [0.2, 0.25) is 0 Å². The van der Waals surface area contributed by atoms with Gasteiger partial charge in [-0.2, -0.15) is 0 Å². The van der Waals surface area contributed by atoms with E-state index in [-0.39, 0.29) is 0 Å². The van der Waals surface area contributed by atoms with Gasteiger partial charge >= 0.3 is 0 Å². The number of fused-ring (bicyclic) bond motifs is 1. The molecule has 3 rings (SSSR count). The minimum Gasteiger partial charge on any atom is -0.310 e. The van der Waals surface area contributed by atoms with Crippen molar-refractivity contribution in [3.8, 4) is 0 Å². The molecule has 0 spiro atoms. The van der Waals surface area contributed by atoms with E-state index in [0.29, 0.717) is 11.1 Å². The highest BCUT2D eigenvalue weighted by atomic mass is 79.9. The van der Waals surface area contributed by atoms with Crippen LogP contribution in [0.15, 0.2) is 40.9 Å². The van der Waals surface area contributed by atoms with E-state index in [2.05, 4.69) is 39.4 Å². The molecule has 0 saturated carbocycles. The van der Waals surface area contributed by atoms with Crippen LogP contribution < -0.4 is 5.32 Å². The minimum atomic E-state index is 0.458. The van der Waals surface area contributed by atoms with Crippen LogP contribution >= 0.6 is 39.1 Å². The van der Waals surface area contributed by atoms with Gasteiger partial charge in [-0.15, -0.1) is 0 Å². The van der Waals surface area contributed by atoms with E-state index in [1.165, 1.54) is 17.5 Å². The minimum absolute atomic E-state index is 0.458. The number of hydrogen-bond acceptors (Lipinski definition) is 1. The van der Waals surface area contributed by atoms with Gasteiger partial charge in [0.25, 0.3) is 0 Å². The molecule has 1 aliphatic carbocycles. The third-order valence-corrected chi connectivity index (χ3v) is 5.06. The van der Waals surface area contributed by atoms with Gasteiger partial charge in [0.1, 0.15) is 0 Å². The van der Waals surface area contributed by atoms with E-state index >= 15 is 0 Å². The molecule has 1 atom stereocenters. The van der Waals surface area contributed by atoms with E-state index in [1.807, 2.05) is 12.1 Å². The first-order chi connectivity index (χ1) is 10.1. The lowest BCUT2D eigenvalue weighted by molar-refractivity contribution is 0.534. The largest absolute Gasteiger partial charge is 0.310 e. The van der Waals surface area contributed by atoms with Gasteiger partial charge in [-0.1, -0.05) is 51.3 Å². The molecular weight excluding hydrogens is 369 g/mol. The first kappa shape index (κ1) is 15.4. The Morgan fingerprint density at radius 1 is 1.14 bits per heavy atom. The van der Waals surface area contributed by atoms with Crippen molar-refractivity contribution in [2.45, 2.75) is 25.3 Å². The molecule has 1 unspecified atom stereocenters. The standard InChI is InChI=1S/C17H16BrCl2N/c18-13-3-5-15-12(9-13)2-6-17(15)21-8-7-11-1-4-14(19)10-16(11)20/h1,3-5,9-10,17,21H,2,6-8H2. The molecule has 1 N–H and O–H groups in total. The van der Waals surface area contributed by atoms with Gasteiger partial charge in [-0.3, -0.25) is 0 Å². The van der Waals surface area contributed by atoms with E-state index < -0.39 is 0 Å². The SMILES string of the molecule is Clc1ccc(CCNC2CCc3cc(Br)ccc32)c(Cl)c1. The van der Waals surface area contributed by atoms with Gasteiger partial charge in [0.05, 0.1) is 0 Å². The average molecular weight is 385 g/mol. The van der Waals surface area contributed by atoms with Crippen LogP contribution in [-0.2, 0) is 12.8 Å². The summed E-state index contributed by atoms with van der Waals surface area (Å²) in [4.78, 5) is 0. The molecule has 2 aromatic rings. The van der Waals surface area contributed by atoms with Crippen molar-refractivity contribution in [1.29, 1.82) is 0 Å². The van der Waals surface area contributed by atoms with Crippen molar-refractivity contribution in [3.05, 3.63) is 67.6 Å². The highest BCUT2D eigenvalue weighted by Crippen LogP contribution is 2.33. The highest BCUT2D eigenvalue weighted by molar-refractivity contribution is 9.10. The van der Waals surface area contributed by atoms with E-state index in [9.17, 15) is 0 Å². The third-order valence-electron chi connectivity index (χ3n) is 3.98. The normalized spacial score (nSPS) is 17.0. The van der Waals surface area contributed by atoms with Crippen LogP contribution in [0, 0.1) is 0 Å². The van der Waals surface area contributed by atoms with Crippen molar-refractivity contribution in [3.63, 3.8) is 0 Å². The quantitative estimate of drug-likeness (QED) is 0.725. The second-order valence-corrected chi connectivity index (χ2v) is 7.13. The monoisotopic (exact) mass is 383 g/mol. The Morgan fingerprint density at radius 2 is 2.00 bits per heavy atom. The van der Waals surface area contributed by atoms with Crippen LogP contribution in [0.1, 0.15) is 29.2 Å². The maximum Gasteiger partial charge on any atom is 0.0453 e. The molecule has 0 saturated heterocycles. The van der Waals surface area contributed by atoms with Gasteiger partial charge in [0.15, 0.2) is 0 Å². The Hall–Kier alpha value is -0.540. The predicted octanol–water partition coefficient (Wildman–Crippen LogP) is 5.58. The summed E-state index contributed by atoms with van der Waals surface area (Å²) in [7, 11) is 0. The molecule has 0 heterocycles. The Kier molecular flexibility index (Phi) is 4.90. The lowest BCUT2D eigenvalue weighted by Gasteiger charge is -2.14. The van der Waals surface area contributed by atoms with Crippen LogP contribution in [0.25, 0.3) is 0 Å². The van der Waals surface area contributed by atoms with Gasteiger partial charge in [-0.05, 0) is 66.8 Å². The molecule has 2 aromatic carbocycles. The van der Waals surface area contributed by atoms with Crippen LogP contribution in [0.2, 0.25) is 10.0 Å². The topological polar surface area (TPSA) is 12.0 Å². The highest BCUT2D eigenvalue weighted by Gasteiger charge is 2.21. The van der Waals surface area contributed by atoms with Crippen molar-refractivity contribution >= 4 is 39.1 Å². The Morgan fingerprint density at radius 3 is 2.81 bits per heavy atom. The molecule has 0 aliphatic heterocycles. The van der Waals surface area contributed by atoms with Crippen molar-refractivity contribution < 1.29 is 0 Å². The summed E-state index contributed by atoms with van der Waals surface area (Å²) in [5.74, 6) is 0.